The van der Waals surface area contributed by atoms with Gasteiger partial charge >= 0.3 is 0 Å². The Balaban J connectivity index is 1.94. The van der Waals surface area contributed by atoms with E-state index < -0.39 is 0 Å². The largest absolute Gasteiger partial charge is 0.324 e. The van der Waals surface area contributed by atoms with Gasteiger partial charge in [0.1, 0.15) is 5.82 Å². The van der Waals surface area contributed by atoms with Crippen LogP contribution in [0.15, 0.2) is 24.3 Å². The average Bonchev–Trinajstić information content (AvgIpc) is 2.40. The van der Waals surface area contributed by atoms with Crippen LogP contribution in [-0.4, -0.2) is 15.8 Å². The number of carbonyl (C=O) groups excluding carboxylic acids is 1. The van der Waals surface area contributed by atoms with Gasteiger partial charge in [-0.3, -0.25) is 4.79 Å². The first-order chi connectivity index (χ1) is 10.0. The van der Waals surface area contributed by atoms with Crippen molar-refractivity contribution in [3.05, 3.63) is 47.0 Å². The summed E-state index contributed by atoms with van der Waals surface area (Å²) < 4.78 is 12.9. The molecule has 0 saturated heterocycles. The molecule has 4 nitrogen and oxygen atoms in total. The van der Waals surface area contributed by atoms with Gasteiger partial charge in [0.2, 0.25) is 5.95 Å². The van der Waals surface area contributed by atoms with Crippen molar-refractivity contribution in [1.29, 1.82) is 0 Å². The molecule has 5 heteroatoms. The predicted molar refractivity (Wildman–Crippen MR) is 78.3 cm³/mol. The Labute approximate surface area is 122 Å². The third-order valence-corrected chi connectivity index (χ3v) is 3.62. The maximum Gasteiger partial charge on any atom is 0.227 e. The van der Waals surface area contributed by atoms with E-state index in [0.29, 0.717) is 35.2 Å². The van der Waals surface area contributed by atoms with Crippen LogP contribution in [0.25, 0.3) is 0 Å². The van der Waals surface area contributed by atoms with Crippen LogP contribution in [0.5, 0.6) is 0 Å². The standard InChI is InChI=1S/C16H16FN3O/c1-9-7-13-15(14(21)8-9)10(2)18-16(20-13)19-12-5-3-11(17)4-6-12/h3-6,9H,7-8H2,1-2H3,(H,18,19,20)/t9-/m0/s1. The van der Waals surface area contributed by atoms with E-state index in [2.05, 4.69) is 15.3 Å². The summed E-state index contributed by atoms with van der Waals surface area (Å²) in [6.07, 6.45) is 1.34. The number of Topliss-reactive ketones (excluding diaryl/α,β-unsaturated/α-hetero) is 1. The molecule has 0 bridgehead atoms. The van der Waals surface area contributed by atoms with E-state index in [1.54, 1.807) is 12.1 Å². The van der Waals surface area contributed by atoms with Crippen molar-refractivity contribution < 1.29 is 9.18 Å². The molecule has 0 saturated carbocycles. The Kier molecular flexibility index (Phi) is 3.41. The smallest absolute Gasteiger partial charge is 0.227 e. The number of nitrogens with one attached hydrogen (secondary N) is 1. The number of hydrogen-bond acceptors (Lipinski definition) is 4. The van der Waals surface area contributed by atoms with Gasteiger partial charge in [0, 0.05) is 12.1 Å². The molecule has 0 spiro atoms. The fourth-order valence-corrected chi connectivity index (χ4v) is 2.68. The average molecular weight is 285 g/mol. The fraction of sp³-hybridized carbons (Fsp3) is 0.312. The van der Waals surface area contributed by atoms with Crippen LogP contribution in [0.3, 0.4) is 0 Å². The van der Waals surface area contributed by atoms with Crippen LogP contribution in [-0.2, 0) is 6.42 Å². The van der Waals surface area contributed by atoms with Crippen molar-refractivity contribution in [2.75, 3.05) is 5.32 Å². The molecular weight excluding hydrogens is 269 g/mol. The number of nitrogens with zero attached hydrogens (tertiary/aromatic N) is 2. The van der Waals surface area contributed by atoms with Gasteiger partial charge in [-0.05, 0) is 43.5 Å². The van der Waals surface area contributed by atoms with Crippen molar-refractivity contribution >= 4 is 17.4 Å². The summed E-state index contributed by atoms with van der Waals surface area (Å²) in [5, 5.41) is 3.05. The fourth-order valence-electron chi connectivity index (χ4n) is 2.68. The first-order valence-electron chi connectivity index (χ1n) is 6.96. The molecule has 1 heterocycles. The van der Waals surface area contributed by atoms with E-state index in [0.717, 1.165) is 12.1 Å². The number of hydrogen-bond donors (Lipinski definition) is 1. The lowest BCUT2D eigenvalue weighted by atomic mass is 9.86. The third-order valence-electron chi connectivity index (χ3n) is 3.62. The van der Waals surface area contributed by atoms with E-state index in [4.69, 9.17) is 0 Å². The van der Waals surface area contributed by atoms with Gasteiger partial charge in [-0.25, -0.2) is 14.4 Å². The zero-order valence-electron chi connectivity index (χ0n) is 12.0. The normalized spacial score (nSPS) is 17.5. The van der Waals surface area contributed by atoms with Crippen molar-refractivity contribution in [3.63, 3.8) is 0 Å². The molecule has 1 aromatic carbocycles. The second kappa shape index (κ2) is 5.24. The monoisotopic (exact) mass is 285 g/mol. The van der Waals surface area contributed by atoms with E-state index in [1.165, 1.54) is 12.1 Å². The Morgan fingerprint density at radius 3 is 2.62 bits per heavy atom. The summed E-state index contributed by atoms with van der Waals surface area (Å²) in [6.45, 7) is 3.87. The second-order valence-electron chi connectivity index (χ2n) is 5.52. The number of halogens is 1. The number of benzene rings is 1. The summed E-state index contributed by atoms with van der Waals surface area (Å²) in [4.78, 5) is 20.9. The highest BCUT2D eigenvalue weighted by molar-refractivity contribution is 5.99. The molecule has 1 atom stereocenters. The molecule has 0 amide bonds. The molecule has 1 aliphatic carbocycles. The Bertz CT molecular complexity index is 697. The summed E-state index contributed by atoms with van der Waals surface area (Å²) >= 11 is 0. The van der Waals surface area contributed by atoms with Gasteiger partial charge in [-0.15, -0.1) is 0 Å². The number of carbonyl (C=O) groups is 1. The van der Waals surface area contributed by atoms with Gasteiger partial charge in [0.15, 0.2) is 5.78 Å². The highest BCUT2D eigenvalue weighted by atomic mass is 19.1. The van der Waals surface area contributed by atoms with Crippen molar-refractivity contribution in [3.8, 4) is 0 Å². The van der Waals surface area contributed by atoms with Gasteiger partial charge in [-0.1, -0.05) is 6.92 Å². The van der Waals surface area contributed by atoms with Crippen molar-refractivity contribution in [1.82, 2.24) is 9.97 Å². The lowest BCUT2D eigenvalue weighted by molar-refractivity contribution is 0.0951. The minimum atomic E-state index is -0.289. The number of rotatable bonds is 2. The van der Waals surface area contributed by atoms with Crippen LogP contribution in [0.2, 0.25) is 0 Å². The topological polar surface area (TPSA) is 54.9 Å². The van der Waals surface area contributed by atoms with Gasteiger partial charge in [0.25, 0.3) is 0 Å². The molecule has 21 heavy (non-hydrogen) atoms. The maximum atomic E-state index is 12.9. The highest BCUT2D eigenvalue weighted by Crippen LogP contribution is 2.27. The molecule has 1 aliphatic rings. The summed E-state index contributed by atoms with van der Waals surface area (Å²) in [6, 6.07) is 6.00. The zero-order valence-corrected chi connectivity index (χ0v) is 12.0. The number of ketones is 1. The molecule has 1 aromatic heterocycles. The van der Waals surface area contributed by atoms with E-state index in [-0.39, 0.29) is 11.6 Å². The summed E-state index contributed by atoms with van der Waals surface area (Å²) in [5.41, 5.74) is 2.88. The van der Waals surface area contributed by atoms with Gasteiger partial charge < -0.3 is 5.32 Å². The summed E-state index contributed by atoms with van der Waals surface area (Å²) in [5.74, 6) is 0.579. The Morgan fingerprint density at radius 2 is 1.90 bits per heavy atom. The molecule has 0 fully saturated rings. The first kappa shape index (κ1) is 13.7. The van der Waals surface area contributed by atoms with Crippen molar-refractivity contribution in [2.24, 2.45) is 5.92 Å². The predicted octanol–water partition coefficient (Wildman–Crippen LogP) is 3.43. The maximum absolute atomic E-state index is 12.9. The quantitative estimate of drug-likeness (QED) is 0.918. The molecular formula is C16H16FN3O. The van der Waals surface area contributed by atoms with Crippen LogP contribution < -0.4 is 5.32 Å². The van der Waals surface area contributed by atoms with E-state index in [1.807, 2.05) is 13.8 Å². The Hall–Kier alpha value is -2.30. The highest BCUT2D eigenvalue weighted by Gasteiger charge is 2.26. The van der Waals surface area contributed by atoms with E-state index >= 15 is 0 Å². The Morgan fingerprint density at radius 1 is 1.19 bits per heavy atom. The third kappa shape index (κ3) is 2.77. The molecule has 2 aromatic rings. The van der Waals surface area contributed by atoms with E-state index in [9.17, 15) is 9.18 Å². The molecule has 1 N–H and O–H groups in total. The van der Waals surface area contributed by atoms with Gasteiger partial charge in [0.05, 0.1) is 17.0 Å². The minimum Gasteiger partial charge on any atom is -0.324 e. The van der Waals surface area contributed by atoms with Crippen LogP contribution >= 0.6 is 0 Å². The van der Waals surface area contributed by atoms with Crippen LogP contribution in [0.1, 0.15) is 35.1 Å². The molecule has 0 unspecified atom stereocenters. The molecule has 3 rings (SSSR count). The first-order valence-corrected chi connectivity index (χ1v) is 6.96. The molecule has 0 aliphatic heterocycles. The van der Waals surface area contributed by atoms with Gasteiger partial charge in [-0.2, -0.15) is 0 Å². The number of aryl methyl sites for hydroxylation is 1. The van der Waals surface area contributed by atoms with Crippen molar-refractivity contribution in [2.45, 2.75) is 26.7 Å². The SMILES string of the molecule is Cc1nc(Nc2ccc(F)cc2)nc2c1C(=O)C[C@@H](C)C2. The number of aromatic nitrogens is 2. The number of anilines is 2. The van der Waals surface area contributed by atoms with Crippen LogP contribution in [0.4, 0.5) is 16.0 Å². The van der Waals surface area contributed by atoms with Crippen LogP contribution in [0, 0.1) is 18.7 Å². The minimum absolute atomic E-state index is 0.120. The summed E-state index contributed by atoms with van der Waals surface area (Å²) in [7, 11) is 0. The number of fused-ring (bicyclic) bond motifs is 1. The second-order valence-corrected chi connectivity index (χ2v) is 5.52. The molecule has 0 radical (unpaired) electrons. The zero-order chi connectivity index (χ0) is 15.0. The lowest BCUT2D eigenvalue weighted by Gasteiger charge is -2.21. The molecule has 108 valence electrons. The lowest BCUT2D eigenvalue weighted by Crippen LogP contribution is -2.22.